The van der Waals surface area contributed by atoms with E-state index < -0.39 is 0 Å². The van der Waals surface area contributed by atoms with Gasteiger partial charge in [0.15, 0.2) is 11.5 Å². The maximum atomic E-state index is 6.29. The molecule has 3 heteroatoms. The number of benzene rings is 1. The zero-order valence-corrected chi connectivity index (χ0v) is 12.3. The van der Waals surface area contributed by atoms with E-state index in [0.29, 0.717) is 11.7 Å². The van der Waals surface area contributed by atoms with E-state index >= 15 is 0 Å². The minimum atomic E-state index is 0.361. The molecule has 1 atom stereocenters. The molecular weight excluding hydrogens is 248 g/mol. The number of rotatable bonds is 6. The van der Waals surface area contributed by atoms with E-state index in [-0.39, 0.29) is 0 Å². The normalized spacial score (nSPS) is 12.7. The molecule has 0 aliphatic heterocycles. The zero-order valence-electron chi connectivity index (χ0n) is 11.5. The van der Waals surface area contributed by atoms with Gasteiger partial charge in [0.05, 0.1) is 14.2 Å². The van der Waals surface area contributed by atoms with Crippen molar-refractivity contribution in [2.75, 3.05) is 14.2 Å². The largest absolute Gasteiger partial charge is 0.493 e. The summed E-state index contributed by atoms with van der Waals surface area (Å²) >= 11 is 6.29. The average molecular weight is 269 g/mol. The first-order valence-electron chi connectivity index (χ1n) is 6.20. The van der Waals surface area contributed by atoms with Crippen LogP contribution in [0.15, 0.2) is 24.3 Å². The Balaban J connectivity index is 2.97. The summed E-state index contributed by atoms with van der Waals surface area (Å²) in [4.78, 5) is 0. The summed E-state index contributed by atoms with van der Waals surface area (Å²) in [5.74, 6) is 1.76. The number of hydrogen-bond donors (Lipinski definition) is 0. The van der Waals surface area contributed by atoms with Gasteiger partial charge in [0.1, 0.15) is 0 Å². The number of hydrogen-bond acceptors (Lipinski definition) is 2. The predicted octanol–water partition coefficient (Wildman–Crippen LogP) is 4.82. The third-order valence-electron chi connectivity index (χ3n) is 2.93. The second-order valence-corrected chi connectivity index (χ2v) is 4.65. The Morgan fingerprint density at radius 1 is 1.17 bits per heavy atom. The van der Waals surface area contributed by atoms with Crippen molar-refractivity contribution in [1.82, 2.24) is 0 Å². The fourth-order valence-corrected chi connectivity index (χ4v) is 2.18. The predicted molar refractivity (Wildman–Crippen MR) is 77.0 cm³/mol. The van der Waals surface area contributed by atoms with Crippen LogP contribution < -0.4 is 9.47 Å². The fraction of sp³-hybridized carbons (Fsp3) is 0.467. The Kier molecular flexibility index (Phi) is 6.06. The van der Waals surface area contributed by atoms with Crippen molar-refractivity contribution in [1.29, 1.82) is 0 Å². The van der Waals surface area contributed by atoms with Crippen LogP contribution in [0, 0.1) is 0 Å². The molecule has 0 aromatic heterocycles. The molecule has 0 amide bonds. The average Bonchev–Trinajstić information content (AvgIpc) is 2.38. The van der Waals surface area contributed by atoms with Crippen molar-refractivity contribution in [3.8, 4) is 11.5 Å². The van der Waals surface area contributed by atoms with Crippen LogP contribution in [0.1, 0.15) is 38.2 Å². The molecule has 0 N–H and O–H groups in total. The van der Waals surface area contributed by atoms with Crippen molar-refractivity contribution >= 4 is 11.6 Å². The summed E-state index contributed by atoms with van der Waals surface area (Å²) < 4.78 is 10.5. The van der Waals surface area contributed by atoms with Crippen LogP contribution in [0.2, 0.25) is 5.02 Å². The van der Waals surface area contributed by atoms with Gasteiger partial charge in [-0.25, -0.2) is 0 Å². The first kappa shape index (κ1) is 14.9. The Morgan fingerprint density at radius 2 is 1.78 bits per heavy atom. The van der Waals surface area contributed by atoms with Crippen LogP contribution in [0.4, 0.5) is 0 Å². The lowest BCUT2D eigenvalue weighted by Crippen LogP contribution is -1.97. The summed E-state index contributed by atoms with van der Waals surface area (Å²) in [7, 11) is 3.25. The molecule has 100 valence electrons. The summed E-state index contributed by atoms with van der Waals surface area (Å²) in [6.45, 7) is 4.29. The SMILES string of the molecule is CC/C=C\CC(C)c1cc(OC)c(OC)cc1Cl. The number of allylic oxidation sites excluding steroid dienone is 2. The highest BCUT2D eigenvalue weighted by atomic mass is 35.5. The van der Waals surface area contributed by atoms with Crippen LogP contribution in [0.3, 0.4) is 0 Å². The van der Waals surface area contributed by atoms with Crippen molar-refractivity contribution in [2.24, 2.45) is 0 Å². The third-order valence-corrected chi connectivity index (χ3v) is 3.25. The molecule has 1 rings (SSSR count). The first-order chi connectivity index (χ1) is 8.63. The smallest absolute Gasteiger partial charge is 0.162 e. The van der Waals surface area contributed by atoms with Crippen LogP contribution in [0.5, 0.6) is 11.5 Å². The van der Waals surface area contributed by atoms with Gasteiger partial charge in [-0.15, -0.1) is 0 Å². The van der Waals surface area contributed by atoms with Crippen LogP contribution >= 0.6 is 11.6 Å². The molecule has 1 aromatic rings. The lowest BCUT2D eigenvalue weighted by molar-refractivity contribution is 0.354. The van der Waals surface area contributed by atoms with E-state index in [9.17, 15) is 0 Å². The van der Waals surface area contributed by atoms with E-state index in [4.69, 9.17) is 21.1 Å². The van der Waals surface area contributed by atoms with Crippen molar-refractivity contribution < 1.29 is 9.47 Å². The summed E-state index contributed by atoms with van der Waals surface area (Å²) in [6, 6.07) is 3.78. The molecule has 0 heterocycles. The molecule has 0 fully saturated rings. The Bertz CT molecular complexity index is 413. The minimum absolute atomic E-state index is 0.361. The Hall–Kier alpha value is -1.15. The topological polar surface area (TPSA) is 18.5 Å². The van der Waals surface area contributed by atoms with Crippen molar-refractivity contribution in [2.45, 2.75) is 32.6 Å². The van der Waals surface area contributed by atoms with E-state index in [1.54, 1.807) is 14.2 Å². The van der Waals surface area contributed by atoms with Gasteiger partial charge in [0.25, 0.3) is 0 Å². The van der Waals surface area contributed by atoms with Gasteiger partial charge in [0.2, 0.25) is 0 Å². The Morgan fingerprint density at radius 3 is 2.33 bits per heavy atom. The number of methoxy groups -OCH3 is 2. The second kappa shape index (κ2) is 7.32. The summed E-state index contributed by atoms with van der Waals surface area (Å²) in [5.41, 5.74) is 1.09. The van der Waals surface area contributed by atoms with Gasteiger partial charge in [-0.05, 0) is 30.4 Å². The molecule has 0 aliphatic rings. The fourth-order valence-electron chi connectivity index (χ4n) is 1.84. The first-order valence-corrected chi connectivity index (χ1v) is 6.58. The molecule has 1 aromatic carbocycles. The quantitative estimate of drug-likeness (QED) is 0.689. The molecule has 0 spiro atoms. The molecule has 0 radical (unpaired) electrons. The van der Waals surface area contributed by atoms with Gasteiger partial charge in [-0.3, -0.25) is 0 Å². The zero-order chi connectivity index (χ0) is 13.5. The molecule has 0 saturated heterocycles. The standard InChI is InChI=1S/C15H21ClO2/c1-5-6-7-8-11(2)12-9-14(17-3)15(18-4)10-13(12)16/h6-7,9-11H,5,8H2,1-4H3/b7-6-. The summed E-state index contributed by atoms with van der Waals surface area (Å²) in [6.07, 6.45) is 6.40. The molecule has 0 bridgehead atoms. The van der Waals surface area contributed by atoms with Gasteiger partial charge < -0.3 is 9.47 Å². The third kappa shape index (κ3) is 3.67. The molecule has 18 heavy (non-hydrogen) atoms. The highest BCUT2D eigenvalue weighted by Crippen LogP contribution is 2.37. The van der Waals surface area contributed by atoms with Gasteiger partial charge in [-0.1, -0.05) is 37.6 Å². The van der Waals surface area contributed by atoms with E-state index in [1.807, 2.05) is 12.1 Å². The van der Waals surface area contributed by atoms with Gasteiger partial charge in [-0.2, -0.15) is 0 Å². The number of ether oxygens (including phenoxy) is 2. The highest BCUT2D eigenvalue weighted by molar-refractivity contribution is 6.31. The lowest BCUT2D eigenvalue weighted by atomic mass is 9.97. The maximum absolute atomic E-state index is 6.29. The van der Waals surface area contributed by atoms with Crippen LogP contribution in [-0.4, -0.2) is 14.2 Å². The van der Waals surface area contributed by atoms with Crippen LogP contribution in [0.25, 0.3) is 0 Å². The molecule has 0 aliphatic carbocycles. The molecule has 0 saturated carbocycles. The second-order valence-electron chi connectivity index (χ2n) is 4.25. The number of halogens is 1. The van der Waals surface area contributed by atoms with Gasteiger partial charge >= 0.3 is 0 Å². The minimum Gasteiger partial charge on any atom is -0.493 e. The summed E-state index contributed by atoms with van der Waals surface area (Å²) in [5, 5.41) is 0.727. The van der Waals surface area contributed by atoms with Crippen molar-refractivity contribution in [3.05, 3.63) is 34.9 Å². The Labute approximate surface area is 115 Å². The molecular formula is C15H21ClO2. The van der Waals surface area contributed by atoms with E-state index in [2.05, 4.69) is 26.0 Å². The maximum Gasteiger partial charge on any atom is 0.162 e. The highest BCUT2D eigenvalue weighted by Gasteiger charge is 2.14. The van der Waals surface area contributed by atoms with Crippen LogP contribution in [-0.2, 0) is 0 Å². The molecule has 2 nitrogen and oxygen atoms in total. The lowest BCUT2D eigenvalue weighted by Gasteiger charge is -2.15. The van der Waals surface area contributed by atoms with E-state index in [0.717, 1.165) is 29.2 Å². The molecule has 1 unspecified atom stereocenters. The monoisotopic (exact) mass is 268 g/mol. The van der Waals surface area contributed by atoms with E-state index in [1.165, 1.54) is 0 Å². The van der Waals surface area contributed by atoms with Gasteiger partial charge in [0, 0.05) is 11.1 Å². The van der Waals surface area contributed by atoms with Crippen molar-refractivity contribution in [3.63, 3.8) is 0 Å².